The summed E-state index contributed by atoms with van der Waals surface area (Å²) in [6.45, 7) is 3.22. The molecule has 0 spiro atoms. The van der Waals surface area contributed by atoms with Crippen LogP contribution in [-0.2, 0) is 14.8 Å². The van der Waals surface area contributed by atoms with Crippen LogP contribution in [0.2, 0.25) is 0 Å². The maximum absolute atomic E-state index is 12.7. The number of amides is 3. The molecule has 31 heavy (non-hydrogen) atoms. The molecule has 0 bridgehead atoms. The van der Waals surface area contributed by atoms with Crippen molar-refractivity contribution in [1.29, 1.82) is 0 Å². The van der Waals surface area contributed by atoms with Crippen LogP contribution in [0.5, 0.6) is 11.5 Å². The highest BCUT2D eigenvalue weighted by Crippen LogP contribution is 2.32. The minimum atomic E-state index is -3.82. The molecule has 1 saturated heterocycles. The number of fused-ring (bicyclic) bond motifs is 1. The van der Waals surface area contributed by atoms with Crippen molar-refractivity contribution in [1.82, 2.24) is 10.2 Å². The average molecular weight is 446 g/mol. The second-order valence-electron chi connectivity index (χ2n) is 7.08. The Balaban J connectivity index is 1.41. The summed E-state index contributed by atoms with van der Waals surface area (Å²) in [5.74, 6) is 0.563. The van der Waals surface area contributed by atoms with E-state index in [0.29, 0.717) is 49.2 Å². The Morgan fingerprint density at radius 2 is 1.74 bits per heavy atom. The van der Waals surface area contributed by atoms with E-state index in [4.69, 9.17) is 9.47 Å². The van der Waals surface area contributed by atoms with Crippen molar-refractivity contribution in [3.8, 4) is 11.5 Å². The lowest BCUT2D eigenvalue weighted by Gasteiger charge is -2.20. The van der Waals surface area contributed by atoms with Gasteiger partial charge in [-0.2, -0.15) is 0 Å². The number of nitrogens with zero attached hydrogens (tertiary/aromatic N) is 1. The van der Waals surface area contributed by atoms with Gasteiger partial charge in [-0.05, 0) is 43.3 Å². The van der Waals surface area contributed by atoms with Crippen LogP contribution in [0.4, 0.5) is 16.2 Å². The Bertz CT molecular complexity index is 1100. The first kappa shape index (κ1) is 20.8. The number of hydrogen-bond donors (Lipinski definition) is 3. The first-order chi connectivity index (χ1) is 14.8. The SMILES string of the molecule is C[C@@H](Nc1ccc(NS(=O)(=O)c2ccc3c(c2)OCCO3)cc1)C(=O)N1CCNC1=O. The Morgan fingerprint density at radius 1 is 1.06 bits per heavy atom. The molecule has 4 rings (SSSR count). The number of sulfonamides is 1. The van der Waals surface area contributed by atoms with Gasteiger partial charge in [0, 0.05) is 30.5 Å². The van der Waals surface area contributed by atoms with Gasteiger partial charge in [0.15, 0.2) is 11.5 Å². The molecule has 10 nitrogen and oxygen atoms in total. The highest BCUT2D eigenvalue weighted by Gasteiger charge is 2.29. The minimum absolute atomic E-state index is 0.0575. The third-order valence-electron chi connectivity index (χ3n) is 4.84. The molecule has 3 N–H and O–H groups in total. The number of carbonyl (C=O) groups excluding carboxylic acids is 2. The van der Waals surface area contributed by atoms with Gasteiger partial charge in [-0.15, -0.1) is 0 Å². The summed E-state index contributed by atoms with van der Waals surface area (Å²) >= 11 is 0. The van der Waals surface area contributed by atoms with E-state index in [2.05, 4.69) is 15.4 Å². The van der Waals surface area contributed by atoms with Crippen molar-refractivity contribution < 1.29 is 27.5 Å². The number of anilines is 2. The van der Waals surface area contributed by atoms with Gasteiger partial charge in [-0.1, -0.05) is 0 Å². The highest BCUT2D eigenvalue weighted by molar-refractivity contribution is 7.92. The average Bonchev–Trinajstić information content (AvgIpc) is 3.19. The van der Waals surface area contributed by atoms with Gasteiger partial charge in [0.1, 0.15) is 19.3 Å². The number of nitrogens with one attached hydrogen (secondary N) is 3. The van der Waals surface area contributed by atoms with Crippen molar-refractivity contribution in [2.75, 3.05) is 36.3 Å². The predicted molar refractivity (Wildman–Crippen MR) is 113 cm³/mol. The minimum Gasteiger partial charge on any atom is -0.486 e. The molecule has 0 unspecified atom stereocenters. The first-order valence-corrected chi connectivity index (χ1v) is 11.2. The standard InChI is InChI=1S/C20H22N4O6S/c1-13(19(25)24-9-8-21-20(24)26)22-14-2-4-15(5-3-14)23-31(27,28)16-6-7-17-18(12-16)30-11-10-29-17/h2-7,12-13,22-23H,8-11H2,1H3,(H,21,26)/t13-/m1/s1. The molecule has 0 aliphatic carbocycles. The molecule has 0 radical (unpaired) electrons. The molecule has 0 aromatic heterocycles. The van der Waals surface area contributed by atoms with Gasteiger partial charge in [0.25, 0.3) is 15.9 Å². The molecule has 1 atom stereocenters. The topological polar surface area (TPSA) is 126 Å². The van der Waals surface area contributed by atoms with E-state index in [0.717, 1.165) is 4.90 Å². The van der Waals surface area contributed by atoms with Crippen LogP contribution < -0.4 is 24.8 Å². The maximum atomic E-state index is 12.7. The summed E-state index contributed by atoms with van der Waals surface area (Å²) < 4.78 is 38.8. The van der Waals surface area contributed by atoms with E-state index in [1.54, 1.807) is 37.3 Å². The molecule has 0 saturated carbocycles. The van der Waals surface area contributed by atoms with Crippen molar-refractivity contribution in [2.24, 2.45) is 0 Å². The second kappa shape index (κ2) is 8.34. The molecule has 2 aliphatic heterocycles. The summed E-state index contributed by atoms with van der Waals surface area (Å²) in [7, 11) is -3.82. The smallest absolute Gasteiger partial charge is 0.324 e. The number of ether oxygens (including phenoxy) is 2. The third kappa shape index (κ3) is 4.50. The summed E-state index contributed by atoms with van der Waals surface area (Å²) in [6, 6.07) is 9.88. The maximum Gasteiger partial charge on any atom is 0.324 e. The highest BCUT2D eigenvalue weighted by atomic mass is 32.2. The number of benzene rings is 2. The van der Waals surface area contributed by atoms with E-state index >= 15 is 0 Å². The number of hydrogen-bond acceptors (Lipinski definition) is 7. The van der Waals surface area contributed by atoms with E-state index in [1.165, 1.54) is 12.1 Å². The summed E-state index contributed by atoms with van der Waals surface area (Å²) in [5, 5.41) is 5.60. The van der Waals surface area contributed by atoms with Crippen LogP contribution in [0.15, 0.2) is 47.4 Å². The zero-order valence-electron chi connectivity index (χ0n) is 16.8. The Kier molecular flexibility index (Phi) is 5.59. The molecule has 2 aliphatic rings. The second-order valence-corrected chi connectivity index (χ2v) is 8.76. The molecular weight excluding hydrogens is 424 g/mol. The van der Waals surface area contributed by atoms with Crippen molar-refractivity contribution in [2.45, 2.75) is 17.9 Å². The quantitative estimate of drug-likeness (QED) is 0.615. The summed E-state index contributed by atoms with van der Waals surface area (Å²) in [4.78, 5) is 25.2. The van der Waals surface area contributed by atoms with Crippen LogP contribution in [-0.4, -0.2) is 57.6 Å². The lowest BCUT2D eigenvalue weighted by atomic mass is 10.2. The monoisotopic (exact) mass is 446 g/mol. The van der Waals surface area contributed by atoms with Gasteiger partial charge in [-0.25, -0.2) is 13.2 Å². The number of urea groups is 1. The number of carbonyl (C=O) groups is 2. The van der Waals surface area contributed by atoms with Crippen LogP contribution in [0.1, 0.15) is 6.92 Å². The van der Waals surface area contributed by atoms with Crippen molar-refractivity contribution in [3.63, 3.8) is 0 Å². The molecule has 164 valence electrons. The Hall–Kier alpha value is -3.47. The van der Waals surface area contributed by atoms with Crippen LogP contribution >= 0.6 is 0 Å². The van der Waals surface area contributed by atoms with Crippen LogP contribution in [0.3, 0.4) is 0 Å². The summed E-state index contributed by atoms with van der Waals surface area (Å²) in [6.07, 6.45) is 0. The van der Waals surface area contributed by atoms with E-state index in [1.807, 2.05) is 0 Å². The third-order valence-corrected chi connectivity index (χ3v) is 6.22. The van der Waals surface area contributed by atoms with Crippen molar-refractivity contribution >= 4 is 33.3 Å². The normalized spacial score (nSPS) is 16.4. The number of rotatable bonds is 6. The zero-order chi connectivity index (χ0) is 22.0. The zero-order valence-corrected chi connectivity index (χ0v) is 17.6. The number of imide groups is 1. The predicted octanol–water partition coefficient (Wildman–Crippen LogP) is 1.61. The molecule has 1 fully saturated rings. The van der Waals surface area contributed by atoms with Gasteiger partial charge in [-0.3, -0.25) is 14.4 Å². The van der Waals surface area contributed by atoms with Gasteiger partial charge >= 0.3 is 6.03 Å². The lowest BCUT2D eigenvalue weighted by molar-refractivity contribution is -0.128. The van der Waals surface area contributed by atoms with Gasteiger partial charge in [0.05, 0.1) is 4.90 Å². The van der Waals surface area contributed by atoms with Crippen LogP contribution in [0, 0.1) is 0 Å². The van der Waals surface area contributed by atoms with Crippen LogP contribution in [0.25, 0.3) is 0 Å². The van der Waals surface area contributed by atoms with E-state index < -0.39 is 22.1 Å². The molecule has 2 aromatic rings. The molecular formula is C20H22N4O6S. The fourth-order valence-corrected chi connectivity index (χ4v) is 4.34. The first-order valence-electron chi connectivity index (χ1n) is 9.72. The largest absolute Gasteiger partial charge is 0.486 e. The van der Waals surface area contributed by atoms with E-state index in [9.17, 15) is 18.0 Å². The Morgan fingerprint density at radius 3 is 2.42 bits per heavy atom. The molecule has 2 aromatic carbocycles. The fourth-order valence-electron chi connectivity index (χ4n) is 3.27. The van der Waals surface area contributed by atoms with Gasteiger partial charge in [0.2, 0.25) is 0 Å². The Labute approximate surface area is 179 Å². The van der Waals surface area contributed by atoms with Gasteiger partial charge < -0.3 is 20.1 Å². The van der Waals surface area contributed by atoms with E-state index in [-0.39, 0.29) is 10.8 Å². The molecule has 2 heterocycles. The molecule has 11 heteroatoms. The van der Waals surface area contributed by atoms with Crippen molar-refractivity contribution in [3.05, 3.63) is 42.5 Å². The lowest BCUT2D eigenvalue weighted by Crippen LogP contribution is -2.43. The summed E-state index contributed by atoms with van der Waals surface area (Å²) in [5.41, 5.74) is 0.973. The fraction of sp³-hybridized carbons (Fsp3) is 0.300. The molecule has 3 amide bonds.